The fourth-order valence-electron chi connectivity index (χ4n) is 1.83. The van der Waals surface area contributed by atoms with Crippen molar-refractivity contribution < 1.29 is 9.50 Å². The molecule has 0 saturated heterocycles. The summed E-state index contributed by atoms with van der Waals surface area (Å²) in [5, 5.41) is 13.3. The van der Waals surface area contributed by atoms with Crippen LogP contribution in [0.4, 0.5) is 10.1 Å². The standard InChI is InChI=1S/C14H12Cl2FNO/c1-8(13-3-2-12(19)7-14(13)17)18-11-5-9(15)4-10(16)6-11/h2-8,18-19H,1H3. The predicted molar refractivity (Wildman–Crippen MR) is 76.6 cm³/mol. The van der Waals surface area contributed by atoms with E-state index in [-0.39, 0.29) is 11.8 Å². The van der Waals surface area contributed by atoms with Gasteiger partial charge in [0.25, 0.3) is 0 Å². The Balaban J connectivity index is 2.22. The molecule has 100 valence electrons. The smallest absolute Gasteiger partial charge is 0.132 e. The summed E-state index contributed by atoms with van der Waals surface area (Å²) >= 11 is 11.8. The zero-order valence-corrected chi connectivity index (χ0v) is 11.6. The Kier molecular flexibility index (Phi) is 4.17. The van der Waals surface area contributed by atoms with Gasteiger partial charge in [-0.1, -0.05) is 29.3 Å². The third kappa shape index (κ3) is 3.52. The number of aromatic hydroxyl groups is 1. The number of nitrogens with one attached hydrogen (secondary N) is 1. The molecule has 0 aliphatic rings. The van der Waals surface area contributed by atoms with E-state index in [1.807, 2.05) is 6.92 Å². The molecule has 0 aliphatic heterocycles. The Hall–Kier alpha value is -1.45. The van der Waals surface area contributed by atoms with E-state index in [2.05, 4.69) is 5.32 Å². The van der Waals surface area contributed by atoms with E-state index in [1.165, 1.54) is 12.1 Å². The highest BCUT2D eigenvalue weighted by Gasteiger charge is 2.12. The second kappa shape index (κ2) is 5.68. The van der Waals surface area contributed by atoms with E-state index in [1.54, 1.807) is 18.2 Å². The second-order valence-electron chi connectivity index (χ2n) is 4.23. The first-order chi connectivity index (χ1) is 8.95. The van der Waals surface area contributed by atoms with E-state index in [0.717, 1.165) is 6.07 Å². The normalized spacial score (nSPS) is 12.2. The minimum absolute atomic E-state index is 0.0979. The maximum atomic E-state index is 13.7. The lowest BCUT2D eigenvalue weighted by Gasteiger charge is -2.17. The predicted octanol–water partition coefficient (Wildman–Crippen LogP) is 5.01. The van der Waals surface area contributed by atoms with Crippen LogP contribution < -0.4 is 5.32 Å². The van der Waals surface area contributed by atoms with Crippen LogP contribution in [0.1, 0.15) is 18.5 Å². The van der Waals surface area contributed by atoms with Gasteiger partial charge < -0.3 is 10.4 Å². The molecule has 0 amide bonds. The molecule has 2 N–H and O–H groups in total. The van der Waals surface area contributed by atoms with Gasteiger partial charge in [-0.05, 0) is 31.2 Å². The van der Waals surface area contributed by atoms with Crippen LogP contribution in [0.15, 0.2) is 36.4 Å². The SMILES string of the molecule is CC(Nc1cc(Cl)cc(Cl)c1)c1ccc(O)cc1F. The lowest BCUT2D eigenvalue weighted by molar-refractivity contribution is 0.467. The summed E-state index contributed by atoms with van der Waals surface area (Å²) in [6.07, 6.45) is 0. The van der Waals surface area contributed by atoms with Crippen molar-refractivity contribution in [3.8, 4) is 5.75 Å². The number of phenolic OH excluding ortho intramolecular Hbond substituents is 1. The summed E-state index contributed by atoms with van der Waals surface area (Å²) in [5.41, 5.74) is 1.16. The van der Waals surface area contributed by atoms with Crippen molar-refractivity contribution in [1.82, 2.24) is 0 Å². The van der Waals surface area contributed by atoms with E-state index in [4.69, 9.17) is 23.2 Å². The molecule has 2 aromatic carbocycles. The molecule has 1 atom stereocenters. The number of hydrogen-bond donors (Lipinski definition) is 2. The second-order valence-corrected chi connectivity index (χ2v) is 5.10. The lowest BCUT2D eigenvalue weighted by Crippen LogP contribution is -2.08. The van der Waals surface area contributed by atoms with E-state index in [0.29, 0.717) is 21.3 Å². The van der Waals surface area contributed by atoms with Crippen molar-refractivity contribution in [3.63, 3.8) is 0 Å². The minimum Gasteiger partial charge on any atom is -0.508 e. The van der Waals surface area contributed by atoms with Gasteiger partial charge in [0.2, 0.25) is 0 Å². The Morgan fingerprint density at radius 3 is 2.32 bits per heavy atom. The molecule has 0 aliphatic carbocycles. The summed E-state index contributed by atoms with van der Waals surface area (Å²) < 4.78 is 13.7. The maximum absolute atomic E-state index is 13.7. The molecular formula is C14H12Cl2FNO. The Morgan fingerprint density at radius 1 is 1.11 bits per heavy atom. The lowest BCUT2D eigenvalue weighted by atomic mass is 10.1. The molecule has 0 fully saturated rings. The molecule has 1 unspecified atom stereocenters. The number of phenols is 1. The Bertz CT molecular complexity index is 584. The van der Waals surface area contributed by atoms with Crippen LogP contribution in [0.25, 0.3) is 0 Å². The highest BCUT2D eigenvalue weighted by atomic mass is 35.5. The van der Waals surface area contributed by atoms with E-state index >= 15 is 0 Å². The van der Waals surface area contributed by atoms with Gasteiger partial charge in [0, 0.05) is 27.4 Å². The number of anilines is 1. The van der Waals surface area contributed by atoms with Gasteiger partial charge in [-0.25, -0.2) is 4.39 Å². The Labute approximate surface area is 120 Å². The average molecular weight is 300 g/mol. The fourth-order valence-corrected chi connectivity index (χ4v) is 2.36. The van der Waals surface area contributed by atoms with Gasteiger partial charge >= 0.3 is 0 Å². The van der Waals surface area contributed by atoms with Gasteiger partial charge in [0.1, 0.15) is 11.6 Å². The quantitative estimate of drug-likeness (QED) is 0.835. The van der Waals surface area contributed by atoms with Gasteiger partial charge in [-0.15, -0.1) is 0 Å². The summed E-state index contributed by atoms with van der Waals surface area (Å²) in [7, 11) is 0. The highest BCUT2D eigenvalue weighted by molar-refractivity contribution is 6.35. The average Bonchev–Trinajstić information content (AvgIpc) is 2.26. The monoisotopic (exact) mass is 299 g/mol. The molecule has 0 bridgehead atoms. The molecule has 0 aromatic heterocycles. The molecule has 2 aromatic rings. The number of rotatable bonds is 3. The van der Waals surface area contributed by atoms with Crippen LogP contribution in [0.2, 0.25) is 10.0 Å². The van der Waals surface area contributed by atoms with Crippen LogP contribution in [0.3, 0.4) is 0 Å². The zero-order valence-electron chi connectivity index (χ0n) is 10.1. The van der Waals surface area contributed by atoms with Crippen molar-refractivity contribution in [3.05, 3.63) is 57.8 Å². The van der Waals surface area contributed by atoms with E-state index < -0.39 is 5.82 Å². The molecule has 0 spiro atoms. The van der Waals surface area contributed by atoms with E-state index in [9.17, 15) is 9.50 Å². The van der Waals surface area contributed by atoms with Crippen LogP contribution in [0.5, 0.6) is 5.75 Å². The van der Waals surface area contributed by atoms with Crippen molar-refractivity contribution >= 4 is 28.9 Å². The van der Waals surface area contributed by atoms with Crippen molar-refractivity contribution in [2.45, 2.75) is 13.0 Å². The van der Waals surface area contributed by atoms with Crippen molar-refractivity contribution in [2.24, 2.45) is 0 Å². The molecule has 19 heavy (non-hydrogen) atoms. The van der Waals surface area contributed by atoms with Crippen LogP contribution in [-0.2, 0) is 0 Å². The zero-order chi connectivity index (χ0) is 14.0. The molecule has 2 nitrogen and oxygen atoms in total. The highest BCUT2D eigenvalue weighted by Crippen LogP contribution is 2.27. The summed E-state index contributed by atoms with van der Waals surface area (Å²) in [6, 6.07) is 8.83. The number of benzene rings is 2. The summed E-state index contributed by atoms with van der Waals surface area (Å²) in [4.78, 5) is 0. The molecular weight excluding hydrogens is 288 g/mol. The number of hydrogen-bond acceptors (Lipinski definition) is 2. The molecule has 2 rings (SSSR count). The van der Waals surface area contributed by atoms with Gasteiger partial charge in [0.15, 0.2) is 0 Å². The molecule has 0 radical (unpaired) electrons. The topological polar surface area (TPSA) is 32.3 Å². The van der Waals surface area contributed by atoms with Gasteiger partial charge in [-0.3, -0.25) is 0 Å². The molecule has 0 heterocycles. The summed E-state index contributed by atoms with van der Waals surface area (Å²) in [6.45, 7) is 1.81. The largest absolute Gasteiger partial charge is 0.508 e. The molecule has 0 saturated carbocycles. The van der Waals surface area contributed by atoms with Crippen molar-refractivity contribution in [2.75, 3.05) is 5.32 Å². The number of halogens is 3. The molecule has 5 heteroatoms. The third-order valence-electron chi connectivity index (χ3n) is 2.70. The van der Waals surface area contributed by atoms with Gasteiger partial charge in [0.05, 0.1) is 6.04 Å². The van der Waals surface area contributed by atoms with Crippen LogP contribution in [0, 0.1) is 5.82 Å². The third-order valence-corrected chi connectivity index (χ3v) is 3.13. The van der Waals surface area contributed by atoms with Crippen molar-refractivity contribution in [1.29, 1.82) is 0 Å². The maximum Gasteiger partial charge on any atom is 0.132 e. The minimum atomic E-state index is -0.465. The summed E-state index contributed by atoms with van der Waals surface area (Å²) in [5.74, 6) is -0.563. The first-order valence-electron chi connectivity index (χ1n) is 5.67. The first-order valence-corrected chi connectivity index (χ1v) is 6.42. The van der Waals surface area contributed by atoms with Crippen LogP contribution in [-0.4, -0.2) is 5.11 Å². The first kappa shape index (κ1) is 14.0. The Morgan fingerprint density at radius 2 is 1.74 bits per heavy atom. The van der Waals surface area contributed by atoms with Gasteiger partial charge in [-0.2, -0.15) is 0 Å². The van der Waals surface area contributed by atoms with Crippen LogP contribution >= 0.6 is 23.2 Å². The fraction of sp³-hybridized carbons (Fsp3) is 0.143.